The second-order valence-corrected chi connectivity index (χ2v) is 5.78. The minimum Gasteiger partial charge on any atom is -0.494 e. The Morgan fingerprint density at radius 1 is 1.00 bits per heavy atom. The maximum absolute atomic E-state index is 12.2. The summed E-state index contributed by atoms with van der Waals surface area (Å²) in [4.78, 5) is -0.0592. The molecular weight excluding hydrogens is 292 g/mol. The Morgan fingerprint density at radius 3 is 2.38 bits per heavy atom. The molecule has 0 unspecified atom stereocenters. The number of anilines is 2. The van der Waals surface area contributed by atoms with Crippen molar-refractivity contribution in [1.82, 2.24) is 0 Å². The number of ether oxygens (including phenoxy) is 1. The van der Waals surface area contributed by atoms with Crippen molar-refractivity contribution < 1.29 is 17.3 Å². The first-order valence-electron chi connectivity index (χ1n) is 6.24. The predicted molar refractivity (Wildman–Crippen MR) is 80.7 cm³/mol. The highest BCUT2D eigenvalue weighted by atomic mass is 32.2. The quantitative estimate of drug-likeness (QED) is 0.646. The number of rotatable bonds is 5. The second-order valence-electron chi connectivity index (χ2n) is 4.24. The van der Waals surface area contributed by atoms with E-state index in [-0.39, 0.29) is 16.3 Å². The SMILES string of the molecule is CCOc1cccc(OS(=O)(=O)c2ccc(N)c(N)c2)c1. The zero-order valence-electron chi connectivity index (χ0n) is 11.4. The molecule has 2 aromatic rings. The molecule has 0 bridgehead atoms. The van der Waals surface area contributed by atoms with E-state index in [2.05, 4.69) is 0 Å². The topological polar surface area (TPSA) is 105 Å². The molecule has 0 aromatic heterocycles. The maximum Gasteiger partial charge on any atom is 0.339 e. The van der Waals surface area contributed by atoms with Crippen molar-refractivity contribution in [2.24, 2.45) is 0 Å². The van der Waals surface area contributed by atoms with Crippen molar-refractivity contribution in [3.63, 3.8) is 0 Å². The molecule has 0 radical (unpaired) electrons. The Labute approximate surface area is 123 Å². The van der Waals surface area contributed by atoms with Gasteiger partial charge in [-0.25, -0.2) is 0 Å². The molecule has 0 saturated carbocycles. The highest BCUT2D eigenvalue weighted by Crippen LogP contribution is 2.25. The van der Waals surface area contributed by atoms with Crippen LogP contribution in [0.5, 0.6) is 11.5 Å². The van der Waals surface area contributed by atoms with Gasteiger partial charge in [0.2, 0.25) is 0 Å². The van der Waals surface area contributed by atoms with Gasteiger partial charge in [0.05, 0.1) is 18.0 Å². The summed E-state index contributed by atoms with van der Waals surface area (Å²) in [5.74, 6) is 0.693. The number of benzene rings is 2. The number of hydrogen-bond acceptors (Lipinski definition) is 6. The fourth-order valence-electron chi connectivity index (χ4n) is 1.67. The van der Waals surface area contributed by atoms with Gasteiger partial charge in [-0.3, -0.25) is 0 Å². The van der Waals surface area contributed by atoms with Crippen LogP contribution in [0.2, 0.25) is 0 Å². The Hall–Kier alpha value is -2.41. The molecule has 0 aliphatic heterocycles. The fraction of sp³-hybridized carbons (Fsp3) is 0.143. The number of hydrogen-bond donors (Lipinski definition) is 2. The molecule has 4 N–H and O–H groups in total. The summed E-state index contributed by atoms with van der Waals surface area (Å²) >= 11 is 0. The van der Waals surface area contributed by atoms with Crippen molar-refractivity contribution in [2.45, 2.75) is 11.8 Å². The summed E-state index contributed by atoms with van der Waals surface area (Å²) in [5.41, 5.74) is 11.7. The monoisotopic (exact) mass is 308 g/mol. The van der Waals surface area contributed by atoms with Crippen LogP contribution in [0, 0.1) is 0 Å². The van der Waals surface area contributed by atoms with Crippen molar-refractivity contribution in [1.29, 1.82) is 0 Å². The third kappa shape index (κ3) is 3.57. The third-order valence-corrected chi connectivity index (χ3v) is 3.91. The lowest BCUT2D eigenvalue weighted by atomic mass is 10.3. The lowest BCUT2D eigenvalue weighted by Crippen LogP contribution is -2.10. The van der Waals surface area contributed by atoms with E-state index in [0.717, 1.165) is 0 Å². The third-order valence-electron chi connectivity index (χ3n) is 2.67. The molecule has 0 saturated heterocycles. The van der Waals surface area contributed by atoms with Crippen LogP contribution in [-0.2, 0) is 10.1 Å². The van der Waals surface area contributed by atoms with Gasteiger partial charge < -0.3 is 20.4 Å². The smallest absolute Gasteiger partial charge is 0.339 e. The van der Waals surface area contributed by atoms with Gasteiger partial charge in [-0.2, -0.15) is 8.42 Å². The first-order valence-corrected chi connectivity index (χ1v) is 7.65. The Kier molecular flexibility index (Phi) is 4.23. The standard InChI is InChI=1S/C14H16N2O4S/c1-2-19-10-4-3-5-11(8-10)20-21(17,18)12-6-7-13(15)14(16)9-12/h3-9H,2,15-16H2,1H3. The van der Waals surface area contributed by atoms with E-state index in [9.17, 15) is 8.42 Å². The highest BCUT2D eigenvalue weighted by molar-refractivity contribution is 7.87. The number of nitrogens with two attached hydrogens (primary N) is 2. The van der Waals surface area contributed by atoms with Crippen LogP contribution >= 0.6 is 0 Å². The summed E-state index contributed by atoms with van der Waals surface area (Å²) < 4.78 is 34.7. The molecule has 0 aliphatic carbocycles. The molecule has 0 aliphatic rings. The summed E-state index contributed by atoms with van der Waals surface area (Å²) in [6.07, 6.45) is 0. The van der Waals surface area contributed by atoms with E-state index >= 15 is 0 Å². The van der Waals surface area contributed by atoms with Crippen LogP contribution in [0.25, 0.3) is 0 Å². The van der Waals surface area contributed by atoms with Crippen LogP contribution in [-0.4, -0.2) is 15.0 Å². The summed E-state index contributed by atoms with van der Waals surface area (Å²) in [5, 5.41) is 0. The highest BCUT2D eigenvalue weighted by Gasteiger charge is 2.18. The first kappa shape index (κ1) is 15.0. The predicted octanol–water partition coefficient (Wildman–Crippen LogP) is 2.02. The molecule has 0 fully saturated rings. The molecule has 0 amide bonds. The molecule has 0 spiro atoms. The normalized spacial score (nSPS) is 11.1. The van der Waals surface area contributed by atoms with Gasteiger partial charge in [0.15, 0.2) is 0 Å². The van der Waals surface area contributed by atoms with Gasteiger partial charge in [-0.1, -0.05) is 6.07 Å². The lowest BCUT2D eigenvalue weighted by Gasteiger charge is -2.10. The van der Waals surface area contributed by atoms with Gasteiger partial charge in [0.25, 0.3) is 0 Å². The zero-order valence-corrected chi connectivity index (χ0v) is 12.3. The lowest BCUT2D eigenvalue weighted by molar-refractivity contribution is 0.339. The summed E-state index contributed by atoms with van der Waals surface area (Å²) in [6.45, 7) is 2.31. The van der Waals surface area contributed by atoms with Crippen LogP contribution in [0.1, 0.15) is 6.92 Å². The molecule has 7 heteroatoms. The largest absolute Gasteiger partial charge is 0.494 e. The first-order chi connectivity index (χ1) is 9.92. The summed E-state index contributed by atoms with van der Waals surface area (Å²) in [7, 11) is -3.98. The minimum atomic E-state index is -3.98. The van der Waals surface area contributed by atoms with E-state index in [1.165, 1.54) is 30.3 Å². The zero-order chi connectivity index (χ0) is 15.5. The van der Waals surface area contributed by atoms with E-state index in [4.69, 9.17) is 20.4 Å². The minimum absolute atomic E-state index is 0.0592. The molecule has 2 aromatic carbocycles. The molecule has 6 nitrogen and oxygen atoms in total. The van der Waals surface area contributed by atoms with Gasteiger partial charge in [0.1, 0.15) is 16.4 Å². The van der Waals surface area contributed by atoms with E-state index in [0.29, 0.717) is 18.0 Å². The van der Waals surface area contributed by atoms with Gasteiger partial charge in [-0.05, 0) is 37.3 Å². The van der Waals surface area contributed by atoms with Gasteiger partial charge in [-0.15, -0.1) is 0 Å². The molecule has 112 valence electrons. The molecule has 2 rings (SSSR count). The molecular formula is C14H16N2O4S. The fourth-order valence-corrected chi connectivity index (χ4v) is 2.62. The van der Waals surface area contributed by atoms with Gasteiger partial charge in [0, 0.05) is 6.07 Å². The van der Waals surface area contributed by atoms with Crippen LogP contribution < -0.4 is 20.4 Å². The van der Waals surface area contributed by atoms with Crippen LogP contribution in [0.3, 0.4) is 0 Å². The molecule has 21 heavy (non-hydrogen) atoms. The maximum atomic E-state index is 12.2. The Morgan fingerprint density at radius 2 is 1.71 bits per heavy atom. The molecule has 0 heterocycles. The van der Waals surface area contributed by atoms with Gasteiger partial charge >= 0.3 is 10.1 Å². The average molecular weight is 308 g/mol. The van der Waals surface area contributed by atoms with Crippen LogP contribution in [0.4, 0.5) is 11.4 Å². The Bertz CT molecular complexity index is 744. The van der Waals surface area contributed by atoms with Crippen molar-refractivity contribution in [2.75, 3.05) is 18.1 Å². The van der Waals surface area contributed by atoms with Crippen molar-refractivity contribution in [3.8, 4) is 11.5 Å². The Balaban J connectivity index is 2.28. The van der Waals surface area contributed by atoms with Crippen molar-refractivity contribution in [3.05, 3.63) is 42.5 Å². The second kappa shape index (κ2) is 5.92. The van der Waals surface area contributed by atoms with Crippen molar-refractivity contribution >= 4 is 21.5 Å². The summed E-state index contributed by atoms with van der Waals surface area (Å²) in [6, 6.07) is 10.4. The van der Waals surface area contributed by atoms with E-state index < -0.39 is 10.1 Å². The average Bonchev–Trinajstić information content (AvgIpc) is 2.42. The van der Waals surface area contributed by atoms with E-state index in [1.54, 1.807) is 12.1 Å². The number of nitrogen functional groups attached to an aromatic ring is 2. The van der Waals surface area contributed by atoms with Crippen LogP contribution in [0.15, 0.2) is 47.4 Å². The molecule has 0 atom stereocenters. The van der Waals surface area contributed by atoms with E-state index in [1.807, 2.05) is 6.92 Å².